The normalized spacial score (nSPS) is 12.9. The SMILES string of the molecule is CCCCCCCC(C)(C)N(C/C=C/c1ccccc1)C(C)(C)CCCCCCC. The smallest absolute Gasteiger partial charge is 0.0177 e. The van der Waals surface area contributed by atoms with Gasteiger partial charge in [0.1, 0.15) is 0 Å². The van der Waals surface area contributed by atoms with Gasteiger partial charge in [-0.2, -0.15) is 0 Å². The molecule has 0 radical (unpaired) electrons. The van der Waals surface area contributed by atoms with Crippen LogP contribution in [0.4, 0.5) is 0 Å². The van der Waals surface area contributed by atoms with Crippen molar-refractivity contribution in [2.75, 3.05) is 6.54 Å². The molecule has 0 amide bonds. The zero-order chi connectivity index (χ0) is 22.3. The molecular weight excluding hydrogens is 362 g/mol. The Bertz CT molecular complexity index is 529. The van der Waals surface area contributed by atoms with Crippen molar-refractivity contribution in [2.45, 2.75) is 130 Å². The van der Waals surface area contributed by atoms with Gasteiger partial charge in [0.05, 0.1) is 0 Å². The van der Waals surface area contributed by atoms with Crippen molar-refractivity contribution in [2.24, 2.45) is 0 Å². The van der Waals surface area contributed by atoms with Gasteiger partial charge in [-0.15, -0.1) is 0 Å². The van der Waals surface area contributed by atoms with E-state index in [2.05, 4.69) is 88.9 Å². The number of hydrogen-bond acceptors (Lipinski definition) is 1. The first-order valence-corrected chi connectivity index (χ1v) is 12.8. The largest absolute Gasteiger partial charge is 0.289 e. The molecule has 172 valence electrons. The lowest BCUT2D eigenvalue weighted by Gasteiger charge is -2.49. The monoisotopic (exact) mass is 413 g/mol. The molecule has 0 aliphatic rings. The third-order valence-corrected chi connectivity index (χ3v) is 6.64. The fourth-order valence-electron chi connectivity index (χ4n) is 4.76. The summed E-state index contributed by atoms with van der Waals surface area (Å²) in [6, 6.07) is 10.7. The van der Waals surface area contributed by atoms with Gasteiger partial charge >= 0.3 is 0 Å². The Morgan fingerprint density at radius 1 is 0.667 bits per heavy atom. The van der Waals surface area contributed by atoms with Crippen LogP contribution in [0.5, 0.6) is 0 Å². The molecule has 1 nitrogen and oxygen atoms in total. The van der Waals surface area contributed by atoms with E-state index < -0.39 is 0 Å². The first kappa shape index (κ1) is 27.0. The van der Waals surface area contributed by atoms with Gasteiger partial charge < -0.3 is 0 Å². The quantitative estimate of drug-likeness (QED) is 0.230. The summed E-state index contributed by atoms with van der Waals surface area (Å²) in [5, 5.41) is 0. The van der Waals surface area contributed by atoms with Gasteiger partial charge in [-0.1, -0.05) is 121 Å². The van der Waals surface area contributed by atoms with Gasteiger partial charge in [-0.25, -0.2) is 0 Å². The maximum absolute atomic E-state index is 2.79. The van der Waals surface area contributed by atoms with Crippen molar-refractivity contribution in [3.63, 3.8) is 0 Å². The minimum absolute atomic E-state index is 0.222. The van der Waals surface area contributed by atoms with Crippen molar-refractivity contribution >= 4 is 6.08 Å². The fourth-order valence-corrected chi connectivity index (χ4v) is 4.76. The van der Waals surface area contributed by atoms with Gasteiger partial charge in [0.2, 0.25) is 0 Å². The fraction of sp³-hybridized carbons (Fsp3) is 0.724. The van der Waals surface area contributed by atoms with Crippen LogP contribution in [-0.4, -0.2) is 22.5 Å². The third-order valence-electron chi connectivity index (χ3n) is 6.64. The minimum Gasteiger partial charge on any atom is -0.289 e. The van der Waals surface area contributed by atoms with E-state index in [0.29, 0.717) is 0 Å². The number of unbranched alkanes of at least 4 members (excludes halogenated alkanes) is 8. The molecule has 0 bridgehead atoms. The molecule has 1 aromatic rings. The van der Waals surface area contributed by atoms with Crippen molar-refractivity contribution in [3.05, 3.63) is 42.0 Å². The standard InChI is InChI=1S/C29H51N/c1-7-9-11-13-18-24-28(3,4)30(26-20-23-27-21-16-15-17-22-27)29(5,6)25-19-14-12-10-8-2/h15-17,20-23H,7-14,18-19,24-26H2,1-6H3/b23-20+. The second-order valence-electron chi connectivity index (χ2n) is 10.4. The highest BCUT2D eigenvalue weighted by molar-refractivity contribution is 5.48. The zero-order valence-corrected chi connectivity index (χ0v) is 21.2. The molecule has 0 aliphatic heterocycles. The van der Waals surface area contributed by atoms with Crippen LogP contribution in [0.3, 0.4) is 0 Å². The Labute approximate surface area is 189 Å². The molecule has 1 aromatic carbocycles. The van der Waals surface area contributed by atoms with Crippen molar-refractivity contribution in [1.82, 2.24) is 4.90 Å². The number of nitrogens with zero attached hydrogens (tertiary/aromatic N) is 1. The second-order valence-corrected chi connectivity index (χ2v) is 10.4. The number of benzene rings is 1. The summed E-state index contributed by atoms with van der Waals surface area (Å²) in [4.78, 5) is 2.79. The third kappa shape index (κ3) is 10.8. The van der Waals surface area contributed by atoms with Crippen LogP contribution in [0.15, 0.2) is 36.4 Å². The van der Waals surface area contributed by atoms with E-state index in [1.54, 1.807) is 0 Å². The van der Waals surface area contributed by atoms with Crippen molar-refractivity contribution in [3.8, 4) is 0 Å². The Morgan fingerprint density at radius 2 is 1.13 bits per heavy atom. The van der Waals surface area contributed by atoms with Crippen LogP contribution in [0.1, 0.15) is 124 Å². The predicted molar refractivity (Wildman–Crippen MR) is 137 cm³/mol. The van der Waals surface area contributed by atoms with Crippen molar-refractivity contribution in [1.29, 1.82) is 0 Å². The Morgan fingerprint density at radius 3 is 1.60 bits per heavy atom. The summed E-state index contributed by atoms with van der Waals surface area (Å²) in [7, 11) is 0. The van der Waals surface area contributed by atoms with Gasteiger partial charge in [0, 0.05) is 17.6 Å². The maximum atomic E-state index is 2.79. The first-order chi connectivity index (χ1) is 14.3. The molecular formula is C29H51N. The Balaban J connectivity index is 2.78. The zero-order valence-electron chi connectivity index (χ0n) is 21.2. The lowest BCUT2D eigenvalue weighted by molar-refractivity contribution is 0.0146. The highest BCUT2D eigenvalue weighted by Crippen LogP contribution is 2.33. The summed E-state index contributed by atoms with van der Waals surface area (Å²) >= 11 is 0. The molecule has 0 spiro atoms. The van der Waals surface area contributed by atoms with Crippen LogP contribution in [0.2, 0.25) is 0 Å². The van der Waals surface area contributed by atoms with Crippen LogP contribution < -0.4 is 0 Å². The van der Waals surface area contributed by atoms with Crippen LogP contribution in [0, 0.1) is 0 Å². The molecule has 0 saturated heterocycles. The highest BCUT2D eigenvalue weighted by atomic mass is 15.2. The summed E-state index contributed by atoms with van der Waals surface area (Å²) in [5.41, 5.74) is 1.74. The highest BCUT2D eigenvalue weighted by Gasteiger charge is 2.36. The topological polar surface area (TPSA) is 3.24 Å². The van der Waals surface area contributed by atoms with Crippen LogP contribution >= 0.6 is 0 Å². The van der Waals surface area contributed by atoms with E-state index in [0.717, 1.165) is 6.54 Å². The summed E-state index contributed by atoms with van der Waals surface area (Å²) in [6.45, 7) is 15.5. The lowest BCUT2D eigenvalue weighted by Crippen LogP contribution is -2.55. The van der Waals surface area contributed by atoms with Gasteiger partial charge in [0.15, 0.2) is 0 Å². The molecule has 0 aromatic heterocycles. The minimum atomic E-state index is 0.222. The Hall–Kier alpha value is -1.08. The first-order valence-electron chi connectivity index (χ1n) is 12.8. The molecule has 0 aliphatic carbocycles. The predicted octanol–water partition coefficient (Wildman–Crippen LogP) is 9.28. The van der Waals surface area contributed by atoms with E-state index in [-0.39, 0.29) is 11.1 Å². The summed E-state index contributed by atoms with van der Waals surface area (Å²) < 4.78 is 0. The van der Waals surface area contributed by atoms with Gasteiger partial charge in [-0.05, 0) is 46.1 Å². The summed E-state index contributed by atoms with van der Waals surface area (Å²) in [6.07, 6.45) is 20.9. The van der Waals surface area contributed by atoms with Gasteiger partial charge in [-0.3, -0.25) is 4.90 Å². The van der Waals surface area contributed by atoms with Crippen molar-refractivity contribution < 1.29 is 0 Å². The van der Waals surface area contributed by atoms with E-state index >= 15 is 0 Å². The maximum Gasteiger partial charge on any atom is 0.0177 e. The molecule has 1 rings (SSSR count). The number of rotatable bonds is 17. The van der Waals surface area contributed by atoms with Gasteiger partial charge in [0.25, 0.3) is 0 Å². The van der Waals surface area contributed by atoms with E-state index in [1.807, 2.05) is 0 Å². The molecule has 1 heteroatoms. The average molecular weight is 414 g/mol. The van der Waals surface area contributed by atoms with E-state index in [1.165, 1.54) is 82.6 Å². The molecule has 0 fully saturated rings. The molecule has 30 heavy (non-hydrogen) atoms. The second kappa shape index (κ2) is 14.8. The van der Waals surface area contributed by atoms with Crippen LogP contribution in [0.25, 0.3) is 6.08 Å². The van der Waals surface area contributed by atoms with E-state index in [9.17, 15) is 0 Å². The number of hydrogen-bond donors (Lipinski definition) is 0. The molecule has 0 atom stereocenters. The van der Waals surface area contributed by atoms with Crippen LogP contribution in [-0.2, 0) is 0 Å². The summed E-state index contributed by atoms with van der Waals surface area (Å²) in [5.74, 6) is 0. The molecule has 0 unspecified atom stereocenters. The van der Waals surface area contributed by atoms with E-state index in [4.69, 9.17) is 0 Å². The molecule has 0 saturated carbocycles. The lowest BCUT2D eigenvalue weighted by atomic mass is 9.85. The molecule has 0 N–H and O–H groups in total. The molecule has 0 heterocycles. The Kier molecular flexibility index (Phi) is 13.3. The average Bonchev–Trinajstić information content (AvgIpc) is 2.71.